The van der Waals surface area contributed by atoms with Crippen molar-refractivity contribution in [2.45, 2.75) is 45.2 Å². The number of aryl methyl sites for hydroxylation is 1. The van der Waals surface area contributed by atoms with Crippen LogP contribution in [0.4, 0.5) is 0 Å². The number of ether oxygens (including phenoxy) is 3. The van der Waals surface area contributed by atoms with E-state index in [1.165, 1.54) is 0 Å². The first kappa shape index (κ1) is 25.9. The molecule has 38 heavy (non-hydrogen) atoms. The highest BCUT2D eigenvalue weighted by atomic mass is 35.5. The largest absolute Gasteiger partial charge is 0.493 e. The molecule has 1 amide bonds. The third kappa shape index (κ3) is 4.67. The van der Waals surface area contributed by atoms with Gasteiger partial charge in [-0.1, -0.05) is 22.8 Å². The average Bonchev–Trinajstić information content (AvgIpc) is 3.51. The first-order chi connectivity index (χ1) is 18.3. The van der Waals surface area contributed by atoms with E-state index in [0.29, 0.717) is 50.9 Å². The van der Waals surface area contributed by atoms with Crippen molar-refractivity contribution < 1.29 is 23.5 Å². The Morgan fingerprint density at radius 3 is 2.55 bits per heavy atom. The van der Waals surface area contributed by atoms with E-state index in [-0.39, 0.29) is 29.8 Å². The van der Waals surface area contributed by atoms with Gasteiger partial charge in [0.05, 0.1) is 38.3 Å². The zero-order valence-electron chi connectivity index (χ0n) is 21.8. The van der Waals surface area contributed by atoms with E-state index in [4.69, 9.17) is 30.3 Å². The summed E-state index contributed by atoms with van der Waals surface area (Å²) in [6.45, 7) is 2.26. The Kier molecular flexibility index (Phi) is 7.21. The monoisotopic (exact) mass is 539 g/mol. The minimum atomic E-state index is -0.136. The molecule has 1 aliphatic rings. The number of hydrogen-bond acceptors (Lipinski definition) is 7. The van der Waals surface area contributed by atoms with Crippen molar-refractivity contribution >= 4 is 39.3 Å². The zero-order chi connectivity index (χ0) is 27.0. The molecule has 2 aromatic carbocycles. The lowest BCUT2D eigenvalue weighted by molar-refractivity contribution is -0.121. The summed E-state index contributed by atoms with van der Waals surface area (Å²) in [4.78, 5) is 26.4. The van der Waals surface area contributed by atoms with Gasteiger partial charge in [-0.05, 0) is 61.9 Å². The van der Waals surface area contributed by atoms with Crippen LogP contribution >= 0.6 is 11.6 Å². The smallest absolute Gasteiger partial charge is 0.264 e. The number of amides is 1. The van der Waals surface area contributed by atoms with Crippen LogP contribution < -0.4 is 25.1 Å². The number of pyridine rings is 1. The number of halogens is 1. The van der Waals surface area contributed by atoms with Crippen molar-refractivity contribution in [3.05, 3.63) is 57.0 Å². The molecule has 0 radical (unpaired) electrons. The standard InChI is InChI=1S/C28H30ClN3O6/c1-15-24-26(31-38-15)25-19(29)6-5-7-20(25)32(28(24)34)14-16-8-9-18(10-16)30-23(33)13-17-11-21(35-2)27(37-4)22(12-17)36-3/h5-7,11-12,16,18H,8-10,13-14H2,1-4H3,(H,30,33). The molecule has 0 saturated heterocycles. The zero-order valence-corrected chi connectivity index (χ0v) is 22.6. The molecule has 200 valence electrons. The van der Waals surface area contributed by atoms with Crippen LogP contribution in [0.5, 0.6) is 17.2 Å². The molecule has 1 aliphatic carbocycles. The summed E-state index contributed by atoms with van der Waals surface area (Å²) in [5.41, 5.74) is 1.85. The molecule has 0 bridgehead atoms. The van der Waals surface area contributed by atoms with Gasteiger partial charge < -0.3 is 28.6 Å². The maximum absolute atomic E-state index is 13.5. The van der Waals surface area contributed by atoms with Crippen LogP contribution in [0.1, 0.15) is 30.6 Å². The summed E-state index contributed by atoms with van der Waals surface area (Å²) in [7, 11) is 4.63. The summed E-state index contributed by atoms with van der Waals surface area (Å²) in [6, 6.07) is 9.10. The van der Waals surface area contributed by atoms with Crippen LogP contribution in [-0.4, -0.2) is 43.0 Å². The molecule has 1 saturated carbocycles. The van der Waals surface area contributed by atoms with Gasteiger partial charge >= 0.3 is 0 Å². The lowest BCUT2D eigenvalue weighted by Crippen LogP contribution is -2.34. The summed E-state index contributed by atoms with van der Waals surface area (Å²) in [5.74, 6) is 2.12. The average molecular weight is 540 g/mol. The third-order valence-corrected chi connectivity index (χ3v) is 7.59. The van der Waals surface area contributed by atoms with E-state index in [0.717, 1.165) is 30.3 Å². The molecule has 2 heterocycles. The second-order valence-corrected chi connectivity index (χ2v) is 10.1. The van der Waals surface area contributed by atoms with Gasteiger partial charge in [0.15, 0.2) is 11.5 Å². The Labute approximate surface area is 224 Å². The fraction of sp³-hybridized carbons (Fsp3) is 0.393. The van der Waals surface area contributed by atoms with Gasteiger partial charge in [0, 0.05) is 18.0 Å². The molecule has 9 nitrogen and oxygen atoms in total. The fourth-order valence-corrected chi connectivity index (χ4v) is 5.78. The number of benzene rings is 2. The predicted octanol–water partition coefficient (Wildman–Crippen LogP) is 4.66. The second kappa shape index (κ2) is 10.6. The van der Waals surface area contributed by atoms with Gasteiger partial charge in [-0.15, -0.1) is 0 Å². The van der Waals surface area contributed by atoms with Gasteiger partial charge in [-0.2, -0.15) is 0 Å². The Hall–Kier alpha value is -3.72. The normalized spacial score (nSPS) is 17.2. The lowest BCUT2D eigenvalue weighted by atomic mass is 10.1. The van der Waals surface area contributed by atoms with Gasteiger partial charge in [-0.25, -0.2) is 0 Å². The lowest BCUT2D eigenvalue weighted by Gasteiger charge is -2.17. The van der Waals surface area contributed by atoms with Crippen molar-refractivity contribution in [1.29, 1.82) is 0 Å². The minimum Gasteiger partial charge on any atom is -0.493 e. The van der Waals surface area contributed by atoms with E-state index < -0.39 is 0 Å². The van der Waals surface area contributed by atoms with Gasteiger partial charge in [0.25, 0.3) is 5.56 Å². The maximum atomic E-state index is 13.5. The molecule has 2 aromatic heterocycles. The van der Waals surface area contributed by atoms with Gasteiger partial charge in [0.2, 0.25) is 11.7 Å². The van der Waals surface area contributed by atoms with E-state index in [1.54, 1.807) is 51.0 Å². The van der Waals surface area contributed by atoms with Gasteiger partial charge in [-0.3, -0.25) is 9.59 Å². The summed E-state index contributed by atoms with van der Waals surface area (Å²) >= 11 is 6.52. The molecule has 0 aliphatic heterocycles. The number of nitrogens with one attached hydrogen (secondary N) is 1. The van der Waals surface area contributed by atoms with Crippen molar-refractivity contribution in [2.75, 3.05) is 21.3 Å². The summed E-state index contributed by atoms with van der Waals surface area (Å²) in [6.07, 6.45) is 2.69. The highest BCUT2D eigenvalue weighted by Gasteiger charge is 2.28. The van der Waals surface area contributed by atoms with E-state index in [1.807, 2.05) is 12.1 Å². The molecule has 5 rings (SSSR count). The number of carbonyl (C=O) groups excluding carboxylic acids is 1. The number of hydrogen-bond donors (Lipinski definition) is 1. The van der Waals surface area contributed by atoms with E-state index in [9.17, 15) is 9.59 Å². The van der Waals surface area contributed by atoms with Crippen molar-refractivity contribution in [3.63, 3.8) is 0 Å². The van der Waals surface area contributed by atoms with E-state index >= 15 is 0 Å². The van der Waals surface area contributed by atoms with Crippen LogP contribution in [0, 0.1) is 12.8 Å². The van der Waals surface area contributed by atoms with Crippen LogP contribution in [0.15, 0.2) is 39.6 Å². The van der Waals surface area contributed by atoms with Crippen LogP contribution in [0.2, 0.25) is 5.02 Å². The highest BCUT2D eigenvalue weighted by molar-refractivity contribution is 6.37. The maximum Gasteiger partial charge on any atom is 0.264 e. The van der Waals surface area contributed by atoms with Crippen molar-refractivity contribution in [1.82, 2.24) is 15.0 Å². The summed E-state index contributed by atoms with van der Waals surface area (Å²) in [5, 5.41) is 8.96. The third-order valence-electron chi connectivity index (χ3n) is 7.28. The molecule has 1 fully saturated rings. The van der Waals surface area contributed by atoms with E-state index in [2.05, 4.69) is 10.5 Å². The Bertz CT molecular complexity index is 1550. The number of nitrogens with zero attached hydrogens (tertiary/aromatic N) is 2. The number of fused-ring (bicyclic) bond motifs is 3. The molecule has 4 aromatic rings. The highest BCUT2D eigenvalue weighted by Crippen LogP contribution is 2.38. The molecule has 2 atom stereocenters. The fourth-order valence-electron chi connectivity index (χ4n) is 5.52. The first-order valence-corrected chi connectivity index (χ1v) is 12.9. The number of rotatable bonds is 8. The Morgan fingerprint density at radius 2 is 1.87 bits per heavy atom. The van der Waals surface area contributed by atoms with Crippen molar-refractivity contribution in [3.8, 4) is 17.2 Å². The Balaban J connectivity index is 1.31. The Morgan fingerprint density at radius 1 is 1.13 bits per heavy atom. The number of methoxy groups -OCH3 is 3. The quantitative estimate of drug-likeness (QED) is 0.347. The predicted molar refractivity (Wildman–Crippen MR) is 145 cm³/mol. The molecule has 2 unspecified atom stereocenters. The molecule has 10 heteroatoms. The molecular formula is C28H30ClN3O6. The summed E-state index contributed by atoms with van der Waals surface area (Å²) < 4.78 is 23.3. The topological polar surface area (TPSA) is 105 Å². The van der Waals surface area contributed by atoms with Crippen LogP contribution in [0.3, 0.4) is 0 Å². The van der Waals surface area contributed by atoms with Crippen LogP contribution in [0.25, 0.3) is 21.8 Å². The SMILES string of the molecule is COc1cc(CC(=O)NC2CCC(Cn3c(=O)c4c(C)onc4c4c(Cl)cccc43)C2)cc(OC)c1OC. The minimum absolute atomic E-state index is 0.0288. The molecule has 0 spiro atoms. The number of aromatic nitrogens is 2. The molecule has 1 N–H and O–H groups in total. The number of carbonyl (C=O) groups is 1. The first-order valence-electron chi connectivity index (χ1n) is 12.5. The van der Waals surface area contributed by atoms with Crippen molar-refractivity contribution in [2.24, 2.45) is 5.92 Å². The second-order valence-electron chi connectivity index (χ2n) is 9.67. The molecular weight excluding hydrogens is 510 g/mol. The van der Waals surface area contributed by atoms with Crippen LogP contribution in [-0.2, 0) is 17.8 Å². The van der Waals surface area contributed by atoms with Gasteiger partial charge in [0.1, 0.15) is 16.7 Å².